The maximum atomic E-state index is 11.7. The molecule has 86 valence electrons. The Balaban J connectivity index is 2.29. The summed E-state index contributed by atoms with van der Waals surface area (Å²) in [6.45, 7) is 0.485. The van der Waals surface area contributed by atoms with Crippen LogP contribution in [0.3, 0.4) is 0 Å². The highest BCUT2D eigenvalue weighted by atomic mass is 16.1. The molecule has 0 atom stereocenters. The number of pyridine rings is 1. The average molecular weight is 228 g/mol. The van der Waals surface area contributed by atoms with E-state index in [-0.39, 0.29) is 11.1 Å². The first-order chi connectivity index (χ1) is 8.16. The molecule has 4 nitrogen and oxygen atoms in total. The van der Waals surface area contributed by atoms with Crippen molar-refractivity contribution in [1.29, 1.82) is 0 Å². The van der Waals surface area contributed by atoms with Crippen molar-refractivity contribution >= 4 is 5.91 Å². The fourth-order valence-electron chi connectivity index (χ4n) is 1.57. The highest BCUT2D eigenvalue weighted by molar-refractivity contribution is 5.92. The van der Waals surface area contributed by atoms with Gasteiger partial charge in [-0.3, -0.25) is 9.59 Å². The van der Waals surface area contributed by atoms with Crippen molar-refractivity contribution in [3.8, 4) is 0 Å². The molecule has 0 bridgehead atoms. The van der Waals surface area contributed by atoms with Crippen LogP contribution in [0.1, 0.15) is 15.9 Å². The lowest BCUT2D eigenvalue weighted by Crippen LogP contribution is -2.22. The number of nitrogens with zero attached hydrogens (tertiary/aromatic N) is 1. The van der Waals surface area contributed by atoms with Crippen LogP contribution in [0.2, 0.25) is 0 Å². The van der Waals surface area contributed by atoms with Crippen molar-refractivity contribution in [3.63, 3.8) is 0 Å². The number of aromatic nitrogens is 1. The van der Waals surface area contributed by atoms with Gasteiger partial charge < -0.3 is 10.3 Å². The Morgan fingerprint density at radius 3 is 2.47 bits per heavy atom. The number of primary amides is 1. The number of hydrogen-bond donors (Lipinski definition) is 1. The van der Waals surface area contributed by atoms with Crippen LogP contribution in [0.15, 0.2) is 53.5 Å². The van der Waals surface area contributed by atoms with Gasteiger partial charge in [0.15, 0.2) is 0 Å². The third kappa shape index (κ3) is 2.60. The summed E-state index contributed by atoms with van der Waals surface area (Å²) in [7, 11) is 0. The van der Waals surface area contributed by atoms with Crippen molar-refractivity contribution < 1.29 is 4.79 Å². The molecule has 2 aromatic rings. The summed E-state index contributed by atoms with van der Waals surface area (Å²) >= 11 is 0. The summed E-state index contributed by atoms with van der Waals surface area (Å²) in [4.78, 5) is 22.6. The maximum Gasteiger partial charge on any atom is 0.251 e. The number of rotatable bonds is 3. The number of nitrogens with two attached hydrogens (primary N) is 1. The molecule has 0 saturated carbocycles. The minimum atomic E-state index is -0.589. The number of amides is 1. The molecule has 0 radical (unpaired) electrons. The molecule has 17 heavy (non-hydrogen) atoms. The molecule has 0 saturated heterocycles. The van der Waals surface area contributed by atoms with E-state index in [0.717, 1.165) is 5.56 Å². The van der Waals surface area contributed by atoms with Gasteiger partial charge in [-0.1, -0.05) is 30.3 Å². The van der Waals surface area contributed by atoms with Crippen molar-refractivity contribution in [2.24, 2.45) is 5.73 Å². The van der Waals surface area contributed by atoms with E-state index in [1.807, 2.05) is 30.3 Å². The van der Waals surface area contributed by atoms with Crippen LogP contribution >= 0.6 is 0 Å². The van der Waals surface area contributed by atoms with Crippen LogP contribution in [-0.2, 0) is 6.54 Å². The summed E-state index contributed by atoms with van der Waals surface area (Å²) in [6, 6.07) is 12.4. The highest BCUT2D eigenvalue weighted by Crippen LogP contribution is 2.01. The van der Waals surface area contributed by atoms with Crippen LogP contribution in [0.5, 0.6) is 0 Å². The predicted octanol–water partition coefficient (Wildman–Crippen LogP) is 0.995. The van der Waals surface area contributed by atoms with Crippen molar-refractivity contribution in [1.82, 2.24) is 4.57 Å². The SMILES string of the molecule is NC(=O)c1ccn(Cc2ccccc2)c(=O)c1. The molecule has 0 aliphatic heterocycles. The fraction of sp³-hybridized carbons (Fsp3) is 0.0769. The van der Waals surface area contributed by atoms with Crippen molar-refractivity contribution in [2.75, 3.05) is 0 Å². The Morgan fingerprint density at radius 2 is 1.88 bits per heavy atom. The standard InChI is InChI=1S/C13H12N2O2/c14-13(17)11-6-7-15(12(16)8-11)9-10-4-2-1-3-5-10/h1-8H,9H2,(H2,14,17). The molecule has 1 aromatic heterocycles. The quantitative estimate of drug-likeness (QED) is 0.851. The predicted molar refractivity (Wildman–Crippen MR) is 64.8 cm³/mol. The maximum absolute atomic E-state index is 11.7. The Kier molecular flexibility index (Phi) is 3.05. The lowest BCUT2D eigenvalue weighted by atomic mass is 10.2. The van der Waals surface area contributed by atoms with Gasteiger partial charge in [-0.15, -0.1) is 0 Å². The van der Waals surface area contributed by atoms with Gasteiger partial charge in [0.25, 0.3) is 5.56 Å². The second kappa shape index (κ2) is 4.65. The molecule has 0 fully saturated rings. The topological polar surface area (TPSA) is 65.1 Å². The normalized spacial score (nSPS) is 10.1. The summed E-state index contributed by atoms with van der Waals surface area (Å²) < 4.78 is 1.53. The Morgan fingerprint density at radius 1 is 1.18 bits per heavy atom. The second-order valence-electron chi connectivity index (χ2n) is 3.73. The number of benzene rings is 1. The molecule has 0 aliphatic carbocycles. The van der Waals surface area contributed by atoms with Crippen LogP contribution < -0.4 is 11.3 Å². The van der Waals surface area contributed by atoms with E-state index >= 15 is 0 Å². The number of hydrogen-bond acceptors (Lipinski definition) is 2. The third-order valence-electron chi connectivity index (χ3n) is 2.48. The average Bonchev–Trinajstić information content (AvgIpc) is 2.33. The van der Waals surface area contributed by atoms with E-state index < -0.39 is 5.91 Å². The summed E-state index contributed by atoms with van der Waals surface area (Å²) in [5.74, 6) is -0.589. The second-order valence-corrected chi connectivity index (χ2v) is 3.73. The molecule has 1 aromatic carbocycles. The molecule has 0 aliphatic rings. The minimum Gasteiger partial charge on any atom is -0.366 e. The third-order valence-corrected chi connectivity index (χ3v) is 2.48. The molecule has 1 amide bonds. The van der Waals surface area contributed by atoms with Crippen molar-refractivity contribution in [2.45, 2.75) is 6.54 Å². The Hall–Kier alpha value is -2.36. The first-order valence-electron chi connectivity index (χ1n) is 5.21. The molecular formula is C13H12N2O2. The van der Waals surface area contributed by atoms with E-state index in [9.17, 15) is 9.59 Å². The van der Waals surface area contributed by atoms with Crippen molar-refractivity contribution in [3.05, 3.63) is 70.1 Å². The van der Waals surface area contributed by atoms with Crippen LogP contribution in [-0.4, -0.2) is 10.5 Å². The van der Waals surface area contributed by atoms with Gasteiger partial charge in [-0.25, -0.2) is 0 Å². The highest BCUT2D eigenvalue weighted by Gasteiger charge is 2.03. The van der Waals surface area contributed by atoms with E-state index in [1.54, 1.807) is 12.3 Å². The van der Waals surface area contributed by atoms with Gasteiger partial charge in [0.05, 0.1) is 6.54 Å². The van der Waals surface area contributed by atoms with Gasteiger partial charge >= 0.3 is 0 Å². The van der Waals surface area contributed by atoms with Gasteiger partial charge in [-0.05, 0) is 11.6 Å². The number of carbonyl (C=O) groups is 1. The van der Waals surface area contributed by atoms with Crippen LogP contribution in [0, 0.1) is 0 Å². The minimum absolute atomic E-state index is 0.231. The molecule has 0 unspecified atom stereocenters. The monoisotopic (exact) mass is 228 g/mol. The van der Waals surface area contributed by atoms with Crippen LogP contribution in [0.25, 0.3) is 0 Å². The van der Waals surface area contributed by atoms with E-state index in [4.69, 9.17) is 5.73 Å². The van der Waals surface area contributed by atoms with E-state index in [1.165, 1.54) is 10.6 Å². The van der Waals surface area contributed by atoms with E-state index in [0.29, 0.717) is 6.54 Å². The molecule has 0 spiro atoms. The Bertz CT molecular complexity index is 588. The lowest BCUT2D eigenvalue weighted by molar-refractivity contribution is 0.1000. The first kappa shape index (κ1) is 11.1. The number of carbonyl (C=O) groups excluding carboxylic acids is 1. The van der Waals surface area contributed by atoms with Gasteiger partial charge in [0.1, 0.15) is 0 Å². The summed E-state index contributed by atoms with van der Waals surface area (Å²) in [5, 5.41) is 0. The fourth-order valence-corrected chi connectivity index (χ4v) is 1.57. The molecular weight excluding hydrogens is 216 g/mol. The van der Waals surface area contributed by atoms with E-state index in [2.05, 4.69) is 0 Å². The first-order valence-corrected chi connectivity index (χ1v) is 5.21. The molecule has 4 heteroatoms. The largest absolute Gasteiger partial charge is 0.366 e. The molecule has 2 rings (SSSR count). The zero-order valence-electron chi connectivity index (χ0n) is 9.17. The molecule has 1 heterocycles. The van der Waals surface area contributed by atoms with Gasteiger partial charge in [-0.2, -0.15) is 0 Å². The summed E-state index contributed by atoms with van der Waals surface area (Å²) in [6.07, 6.45) is 1.58. The zero-order valence-corrected chi connectivity index (χ0v) is 9.17. The lowest BCUT2D eigenvalue weighted by Gasteiger charge is -2.05. The van der Waals surface area contributed by atoms with Gasteiger partial charge in [0, 0.05) is 17.8 Å². The van der Waals surface area contributed by atoms with Crippen LogP contribution in [0.4, 0.5) is 0 Å². The smallest absolute Gasteiger partial charge is 0.251 e. The van der Waals surface area contributed by atoms with Gasteiger partial charge in [0.2, 0.25) is 5.91 Å². The Labute approximate surface area is 98.3 Å². The zero-order chi connectivity index (χ0) is 12.3. The molecule has 2 N–H and O–H groups in total. The summed E-state index contributed by atoms with van der Waals surface area (Å²) in [5.41, 5.74) is 6.13.